The number of nitrogens with zero attached hydrogens (tertiary/aromatic N) is 2. The van der Waals surface area contributed by atoms with Crippen LogP contribution < -0.4 is 11.5 Å². The van der Waals surface area contributed by atoms with Gasteiger partial charge < -0.3 is 20.3 Å². The Hall–Kier alpha value is -4.20. The third-order valence-electron chi connectivity index (χ3n) is 5.25. The van der Waals surface area contributed by atoms with Gasteiger partial charge in [-0.2, -0.15) is 10.5 Å². The van der Waals surface area contributed by atoms with Crippen molar-refractivity contribution in [1.29, 1.82) is 10.5 Å². The van der Waals surface area contributed by atoms with Gasteiger partial charge in [0.1, 0.15) is 46.6 Å². The summed E-state index contributed by atoms with van der Waals surface area (Å²) < 4.78 is 12.2. The summed E-state index contributed by atoms with van der Waals surface area (Å²) in [5, 5.41) is 17.5. The average molecular weight is 455 g/mol. The summed E-state index contributed by atoms with van der Waals surface area (Å²) >= 11 is 1.69. The molecule has 33 heavy (non-hydrogen) atoms. The first-order chi connectivity index (χ1) is 16.1. The van der Waals surface area contributed by atoms with Gasteiger partial charge in [0.15, 0.2) is 0 Å². The second kappa shape index (κ2) is 9.95. The number of furan rings is 2. The van der Waals surface area contributed by atoms with Gasteiger partial charge in [-0.05, 0) is 85.4 Å². The van der Waals surface area contributed by atoms with Crippen LogP contribution in [0.3, 0.4) is 0 Å². The normalized spacial score (nSPS) is 14.5. The second-order valence-corrected chi connectivity index (χ2v) is 8.54. The molecule has 3 aromatic heterocycles. The van der Waals surface area contributed by atoms with Crippen LogP contribution in [0.25, 0.3) is 33.4 Å². The molecule has 3 aromatic rings. The molecule has 3 heterocycles. The lowest BCUT2D eigenvalue weighted by Crippen LogP contribution is -2.01. The molecule has 0 fully saturated rings. The van der Waals surface area contributed by atoms with Crippen molar-refractivity contribution in [3.63, 3.8) is 0 Å². The van der Waals surface area contributed by atoms with Crippen LogP contribution in [0.1, 0.15) is 35.5 Å². The quantitative estimate of drug-likeness (QED) is 0.352. The number of hydrogen-bond acceptors (Lipinski definition) is 7. The van der Waals surface area contributed by atoms with Crippen molar-refractivity contribution in [3.05, 3.63) is 82.6 Å². The summed E-state index contributed by atoms with van der Waals surface area (Å²) in [5.41, 5.74) is 14.0. The molecule has 0 unspecified atom stereocenters. The highest BCUT2D eigenvalue weighted by molar-refractivity contribution is 7.19. The maximum atomic E-state index is 8.74. The molecule has 0 aliphatic heterocycles. The highest BCUT2D eigenvalue weighted by atomic mass is 32.1. The fraction of sp³-hybridized carbons (Fsp3) is 0.154. The molecule has 0 saturated carbocycles. The molecule has 0 aromatic carbocycles. The maximum absolute atomic E-state index is 8.74. The molecule has 0 saturated heterocycles. The topological polar surface area (TPSA) is 126 Å². The van der Waals surface area contributed by atoms with E-state index in [0.29, 0.717) is 11.5 Å². The zero-order valence-electron chi connectivity index (χ0n) is 17.9. The van der Waals surface area contributed by atoms with Crippen molar-refractivity contribution >= 4 is 23.5 Å². The number of thiophene rings is 1. The lowest BCUT2D eigenvalue weighted by molar-refractivity contribution is 0.570. The van der Waals surface area contributed by atoms with Crippen LogP contribution in [0.15, 0.2) is 68.8 Å². The molecule has 4 N–H and O–H groups in total. The SMILES string of the molecule is N#C/C(N)=C/C=C/c1ccc(-c2sc(-c3ccc(/C=C/C=C(/N)C#N)o3)c3c2CCCC3)o1. The molecule has 6 nitrogen and oxygen atoms in total. The van der Waals surface area contributed by atoms with E-state index >= 15 is 0 Å². The van der Waals surface area contributed by atoms with E-state index in [1.165, 1.54) is 11.1 Å². The molecule has 0 atom stereocenters. The number of rotatable bonds is 6. The minimum Gasteiger partial charge on any atom is -0.456 e. The summed E-state index contributed by atoms with van der Waals surface area (Å²) in [6.45, 7) is 0. The molecule has 1 aliphatic carbocycles. The number of nitrogens with two attached hydrogens (primary N) is 2. The van der Waals surface area contributed by atoms with Gasteiger partial charge in [-0.1, -0.05) is 12.2 Å². The summed E-state index contributed by atoms with van der Waals surface area (Å²) in [6.07, 6.45) is 14.4. The number of allylic oxidation sites excluding steroid dienone is 6. The van der Waals surface area contributed by atoms with Crippen LogP contribution in [0.2, 0.25) is 0 Å². The zero-order valence-corrected chi connectivity index (χ0v) is 18.7. The average Bonchev–Trinajstić information content (AvgIpc) is 3.57. The van der Waals surface area contributed by atoms with Gasteiger partial charge in [0.05, 0.1) is 9.75 Å². The Bertz CT molecular complexity index is 1260. The summed E-state index contributed by atoms with van der Waals surface area (Å²) in [6, 6.07) is 11.5. The third kappa shape index (κ3) is 5.01. The van der Waals surface area contributed by atoms with Gasteiger partial charge in [0.2, 0.25) is 0 Å². The molecule has 0 amide bonds. The van der Waals surface area contributed by atoms with E-state index in [4.69, 9.17) is 30.8 Å². The molecule has 164 valence electrons. The van der Waals surface area contributed by atoms with Crippen molar-refractivity contribution in [2.24, 2.45) is 11.5 Å². The number of nitriles is 2. The maximum Gasteiger partial charge on any atom is 0.145 e. The van der Waals surface area contributed by atoms with Crippen LogP contribution in [-0.2, 0) is 12.8 Å². The van der Waals surface area contributed by atoms with Crippen LogP contribution in [-0.4, -0.2) is 0 Å². The molecule has 1 aliphatic rings. The Morgan fingerprint density at radius 3 is 1.67 bits per heavy atom. The predicted octanol–water partition coefficient (Wildman–Crippen LogP) is 5.91. The predicted molar refractivity (Wildman–Crippen MR) is 130 cm³/mol. The minimum atomic E-state index is 0.146. The summed E-state index contributed by atoms with van der Waals surface area (Å²) in [5.74, 6) is 3.04. The lowest BCUT2D eigenvalue weighted by atomic mass is 9.91. The van der Waals surface area contributed by atoms with Gasteiger partial charge in [-0.15, -0.1) is 11.3 Å². The Balaban J connectivity index is 1.64. The summed E-state index contributed by atoms with van der Waals surface area (Å²) in [7, 11) is 0. The van der Waals surface area contributed by atoms with Crippen LogP contribution >= 0.6 is 11.3 Å². The number of fused-ring (bicyclic) bond motifs is 1. The Kier molecular flexibility index (Phi) is 6.64. The van der Waals surface area contributed by atoms with Crippen LogP contribution in [0.5, 0.6) is 0 Å². The molecule has 4 rings (SSSR count). The van der Waals surface area contributed by atoms with Crippen molar-refractivity contribution in [2.45, 2.75) is 25.7 Å². The van der Waals surface area contributed by atoms with Crippen LogP contribution in [0, 0.1) is 22.7 Å². The smallest absolute Gasteiger partial charge is 0.145 e. The molecule has 0 spiro atoms. The highest BCUT2D eigenvalue weighted by Gasteiger charge is 2.25. The van der Waals surface area contributed by atoms with E-state index in [1.54, 1.807) is 47.8 Å². The first-order valence-corrected chi connectivity index (χ1v) is 11.3. The molecular weight excluding hydrogens is 432 g/mol. The van der Waals surface area contributed by atoms with Crippen molar-refractivity contribution in [1.82, 2.24) is 0 Å². The van der Waals surface area contributed by atoms with E-state index in [1.807, 2.05) is 36.4 Å². The van der Waals surface area contributed by atoms with Gasteiger partial charge in [-0.3, -0.25) is 0 Å². The molecule has 0 bridgehead atoms. The second-order valence-electron chi connectivity index (χ2n) is 7.51. The number of hydrogen-bond donors (Lipinski definition) is 2. The van der Waals surface area contributed by atoms with E-state index in [0.717, 1.165) is 47.0 Å². The fourth-order valence-corrected chi connectivity index (χ4v) is 5.05. The first kappa shape index (κ1) is 22.0. The Morgan fingerprint density at radius 1 is 0.788 bits per heavy atom. The Labute approximate surface area is 196 Å². The molecular formula is C26H22N4O2S. The molecule has 7 heteroatoms. The van der Waals surface area contributed by atoms with Crippen molar-refractivity contribution < 1.29 is 8.83 Å². The van der Waals surface area contributed by atoms with E-state index < -0.39 is 0 Å². The van der Waals surface area contributed by atoms with Gasteiger partial charge in [0.25, 0.3) is 0 Å². The van der Waals surface area contributed by atoms with Crippen LogP contribution in [0.4, 0.5) is 0 Å². The molecule has 0 radical (unpaired) electrons. The lowest BCUT2D eigenvalue weighted by Gasteiger charge is -2.13. The van der Waals surface area contributed by atoms with E-state index in [9.17, 15) is 0 Å². The minimum absolute atomic E-state index is 0.146. The van der Waals surface area contributed by atoms with Gasteiger partial charge in [0, 0.05) is 0 Å². The van der Waals surface area contributed by atoms with E-state index in [-0.39, 0.29) is 11.4 Å². The summed E-state index contributed by atoms with van der Waals surface area (Å²) in [4.78, 5) is 2.26. The van der Waals surface area contributed by atoms with Crippen molar-refractivity contribution in [2.75, 3.05) is 0 Å². The third-order valence-corrected chi connectivity index (χ3v) is 6.56. The fourth-order valence-electron chi connectivity index (χ4n) is 3.73. The van der Waals surface area contributed by atoms with E-state index in [2.05, 4.69) is 0 Å². The highest BCUT2D eigenvalue weighted by Crippen LogP contribution is 2.46. The Morgan fingerprint density at radius 2 is 1.24 bits per heavy atom. The van der Waals surface area contributed by atoms with Crippen molar-refractivity contribution in [3.8, 4) is 33.4 Å². The first-order valence-electron chi connectivity index (χ1n) is 10.5. The monoisotopic (exact) mass is 454 g/mol. The zero-order chi connectivity index (χ0) is 23.2. The largest absolute Gasteiger partial charge is 0.456 e. The van der Waals surface area contributed by atoms with Gasteiger partial charge in [-0.25, -0.2) is 0 Å². The standard InChI is InChI=1S/C26H22N4O2S/c27-15-17(29)5-3-7-19-11-13-23(31-19)25-21-9-1-2-10-22(21)26(33-25)24-14-12-20(32-24)8-4-6-18(30)16-28/h3-8,11-14H,1-2,9-10,29-30H2/b7-3+,8-4+,17-5-,18-6+. The van der Waals surface area contributed by atoms with Gasteiger partial charge >= 0.3 is 0 Å².